The Bertz CT molecular complexity index is 626. The Hall–Kier alpha value is -2.56. The second kappa shape index (κ2) is 6.06. The summed E-state index contributed by atoms with van der Waals surface area (Å²) in [6.45, 7) is 2.11. The zero-order valence-electron chi connectivity index (χ0n) is 11.3. The number of pyridine rings is 1. The molecule has 20 heavy (non-hydrogen) atoms. The van der Waals surface area contributed by atoms with Crippen LogP contribution < -0.4 is 11.1 Å². The number of aromatic carboxylic acids is 1. The second-order valence-corrected chi connectivity index (χ2v) is 4.49. The zero-order chi connectivity index (χ0) is 14.5. The number of carboxylic acid groups (broad SMARTS) is 1. The molecule has 0 spiro atoms. The Labute approximate surface area is 117 Å². The van der Waals surface area contributed by atoms with Crippen LogP contribution in [0.3, 0.4) is 0 Å². The average molecular weight is 271 g/mol. The van der Waals surface area contributed by atoms with Crippen LogP contribution in [0.1, 0.15) is 29.3 Å². The number of rotatable bonds is 5. The fourth-order valence-corrected chi connectivity index (χ4v) is 1.99. The number of nitrogen functional groups attached to an aromatic ring is 1. The number of anilines is 3. The molecule has 1 aromatic carbocycles. The van der Waals surface area contributed by atoms with Crippen molar-refractivity contribution in [1.29, 1.82) is 0 Å². The van der Waals surface area contributed by atoms with Gasteiger partial charge in [-0.15, -0.1) is 0 Å². The molecule has 0 aliphatic carbocycles. The number of benzene rings is 1. The fraction of sp³-hybridized carbons (Fsp3) is 0.200. The van der Waals surface area contributed by atoms with Crippen LogP contribution >= 0.6 is 0 Å². The molecule has 0 saturated heterocycles. The Morgan fingerprint density at radius 1 is 1.40 bits per heavy atom. The van der Waals surface area contributed by atoms with Crippen molar-refractivity contribution in [2.24, 2.45) is 0 Å². The minimum Gasteiger partial charge on any atom is -0.478 e. The first-order valence-electron chi connectivity index (χ1n) is 6.45. The van der Waals surface area contributed by atoms with E-state index in [9.17, 15) is 4.79 Å². The van der Waals surface area contributed by atoms with Crippen LogP contribution in [0.25, 0.3) is 0 Å². The van der Waals surface area contributed by atoms with Crippen molar-refractivity contribution >= 4 is 23.2 Å². The summed E-state index contributed by atoms with van der Waals surface area (Å²) in [6, 6.07) is 9.34. The maximum absolute atomic E-state index is 11.1. The van der Waals surface area contributed by atoms with Crippen LogP contribution in [0, 0.1) is 0 Å². The monoisotopic (exact) mass is 271 g/mol. The molecule has 1 aromatic heterocycles. The highest BCUT2D eigenvalue weighted by Gasteiger charge is 2.10. The molecular formula is C15H17N3O2. The number of para-hydroxylation sites is 1. The van der Waals surface area contributed by atoms with Gasteiger partial charge in [0.1, 0.15) is 5.82 Å². The Kier molecular flexibility index (Phi) is 4.20. The first-order valence-corrected chi connectivity index (χ1v) is 6.45. The van der Waals surface area contributed by atoms with Gasteiger partial charge in [0.05, 0.1) is 17.4 Å². The first-order chi connectivity index (χ1) is 9.61. The third-order valence-corrected chi connectivity index (χ3v) is 2.96. The first kappa shape index (κ1) is 13.9. The van der Waals surface area contributed by atoms with Gasteiger partial charge >= 0.3 is 5.97 Å². The van der Waals surface area contributed by atoms with E-state index in [0.29, 0.717) is 5.82 Å². The number of nitrogens with one attached hydrogen (secondary N) is 1. The summed E-state index contributed by atoms with van der Waals surface area (Å²) in [6.07, 6.45) is 3.34. The number of hydrogen-bond acceptors (Lipinski definition) is 4. The number of carbonyl (C=O) groups is 1. The normalized spacial score (nSPS) is 10.2. The van der Waals surface area contributed by atoms with Gasteiger partial charge in [0.15, 0.2) is 0 Å². The van der Waals surface area contributed by atoms with Gasteiger partial charge < -0.3 is 16.2 Å². The lowest BCUT2D eigenvalue weighted by Crippen LogP contribution is -2.05. The van der Waals surface area contributed by atoms with E-state index in [0.717, 1.165) is 18.5 Å². The topological polar surface area (TPSA) is 88.2 Å². The van der Waals surface area contributed by atoms with Crippen LogP contribution in [0.15, 0.2) is 36.5 Å². The molecule has 0 saturated carbocycles. The quantitative estimate of drug-likeness (QED) is 0.777. The van der Waals surface area contributed by atoms with Gasteiger partial charge in [0.25, 0.3) is 0 Å². The molecule has 5 heteroatoms. The van der Waals surface area contributed by atoms with E-state index in [1.54, 1.807) is 0 Å². The maximum atomic E-state index is 11.1. The highest BCUT2D eigenvalue weighted by atomic mass is 16.4. The summed E-state index contributed by atoms with van der Waals surface area (Å²) < 4.78 is 0. The third kappa shape index (κ3) is 3.06. The Balaban J connectivity index is 2.31. The molecule has 0 unspecified atom stereocenters. The molecule has 0 amide bonds. The lowest BCUT2D eigenvalue weighted by Gasteiger charge is -2.11. The second-order valence-electron chi connectivity index (χ2n) is 4.49. The van der Waals surface area contributed by atoms with E-state index < -0.39 is 5.97 Å². The van der Waals surface area contributed by atoms with Crippen LogP contribution in [0.4, 0.5) is 17.2 Å². The number of nitrogens with two attached hydrogens (primary N) is 1. The summed E-state index contributed by atoms with van der Waals surface area (Å²) in [5, 5.41) is 12.2. The van der Waals surface area contributed by atoms with Crippen molar-refractivity contribution in [3.05, 3.63) is 47.7 Å². The SMILES string of the molecule is CCCc1ccccc1Nc1cc(C(=O)O)c(N)cn1. The molecule has 0 aliphatic heterocycles. The van der Waals surface area contributed by atoms with Gasteiger partial charge in [-0.1, -0.05) is 31.5 Å². The third-order valence-electron chi connectivity index (χ3n) is 2.96. The van der Waals surface area contributed by atoms with Crippen LogP contribution in [-0.2, 0) is 6.42 Å². The molecule has 104 valence electrons. The van der Waals surface area contributed by atoms with E-state index in [1.807, 2.05) is 24.3 Å². The number of nitrogens with zero attached hydrogens (tertiary/aromatic N) is 1. The maximum Gasteiger partial charge on any atom is 0.337 e. The van der Waals surface area contributed by atoms with E-state index >= 15 is 0 Å². The summed E-state index contributed by atoms with van der Waals surface area (Å²) in [5.41, 5.74) is 7.90. The van der Waals surface area contributed by atoms with E-state index in [1.165, 1.54) is 17.8 Å². The van der Waals surface area contributed by atoms with Crippen LogP contribution in [0.2, 0.25) is 0 Å². The van der Waals surface area contributed by atoms with Crippen molar-refractivity contribution in [3.8, 4) is 0 Å². The molecular weight excluding hydrogens is 254 g/mol. The number of aromatic nitrogens is 1. The standard InChI is InChI=1S/C15H17N3O2/c1-2-5-10-6-3-4-7-13(10)18-14-8-11(15(19)20)12(16)9-17-14/h3-4,6-9H,2,5,16H2,1H3,(H,17,18)(H,19,20). The molecule has 1 heterocycles. The molecule has 5 nitrogen and oxygen atoms in total. The van der Waals surface area contributed by atoms with Gasteiger partial charge in [-0.2, -0.15) is 0 Å². The number of hydrogen-bond donors (Lipinski definition) is 3. The Morgan fingerprint density at radius 2 is 2.15 bits per heavy atom. The Morgan fingerprint density at radius 3 is 2.85 bits per heavy atom. The lowest BCUT2D eigenvalue weighted by molar-refractivity contribution is 0.0698. The number of aryl methyl sites for hydroxylation is 1. The summed E-state index contributed by atoms with van der Waals surface area (Å²) in [7, 11) is 0. The average Bonchev–Trinajstić information content (AvgIpc) is 2.43. The highest BCUT2D eigenvalue weighted by molar-refractivity contribution is 5.94. The predicted molar refractivity (Wildman–Crippen MR) is 79.3 cm³/mol. The van der Waals surface area contributed by atoms with Crippen molar-refractivity contribution in [3.63, 3.8) is 0 Å². The molecule has 0 atom stereocenters. The molecule has 0 radical (unpaired) electrons. The molecule has 0 aliphatic rings. The van der Waals surface area contributed by atoms with Gasteiger partial charge in [0.2, 0.25) is 0 Å². The lowest BCUT2D eigenvalue weighted by atomic mass is 10.1. The zero-order valence-corrected chi connectivity index (χ0v) is 11.3. The van der Waals surface area contributed by atoms with Gasteiger partial charge in [-0.3, -0.25) is 0 Å². The van der Waals surface area contributed by atoms with Gasteiger partial charge in [-0.05, 0) is 24.1 Å². The minimum absolute atomic E-state index is 0.0514. The van der Waals surface area contributed by atoms with Crippen LogP contribution in [0.5, 0.6) is 0 Å². The predicted octanol–water partition coefficient (Wildman–Crippen LogP) is 3.06. The highest BCUT2D eigenvalue weighted by Crippen LogP contribution is 2.23. The van der Waals surface area contributed by atoms with E-state index in [2.05, 4.69) is 17.2 Å². The summed E-state index contributed by atoms with van der Waals surface area (Å²) in [4.78, 5) is 15.2. The molecule has 0 fully saturated rings. The fourth-order valence-electron chi connectivity index (χ4n) is 1.99. The van der Waals surface area contributed by atoms with Gasteiger partial charge in [-0.25, -0.2) is 9.78 Å². The van der Waals surface area contributed by atoms with E-state index in [4.69, 9.17) is 10.8 Å². The van der Waals surface area contributed by atoms with Crippen molar-refractivity contribution in [2.45, 2.75) is 19.8 Å². The van der Waals surface area contributed by atoms with Crippen LogP contribution in [-0.4, -0.2) is 16.1 Å². The molecule has 0 bridgehead atoms. The van der Waals surface area contributed by atoms with Crippen molar-refractivity contribution in [1.82, 2.24) is 4.98 Å². The van der Waals surface area contributed by atoms with Crippen molar-refractivity contribution in [2.75, 3.05) is 11.1 Å². The molecule has 2 aromatic rings. The largest absolute Gasteiger partial charge is 0.478 e. The van der Waals surface area contributed by atoms with Crippen molar-refractivity contribution < 1.29 is 9.90 Å². The number of carboxylic acids is 1. The summed E-state index contributed by atoms with van der Waals surface area (Å²) >= 11 is 0. The molecule has 2 rings (SSSR count). The van der Waals surface area contributed by atoms with Gasteiger partial charge in [0, 0.05) is 5.69 Å². The van der Waals surface area contributed by atoms with E-state index in [-0.39, 0.29) is 11.3 Å². The minimum atomic E-state index is -1.06. The smallest absolute Gasteiger partial charge is 0.337 e. The summed E-state index contributed by atoms with van der Waals surface area (Å²) in [5.74, 6) is -0.588. The molecule has 4 N–H and O–H groups in total.